The highest BCUT2D eigenvalue weighted by molar-refractivity contribution is 5.86. The van der Waals surface area contributed by atoms with Gasteiger partial charge < -0.3 is 14.0 Å². The second-order valence-electron chi connectivity index (χ2n) is 6.45. The van der Waals surface area contributed by atoms with Crippen LogP contribution in [0.1, 0.15) is 16.2 Å². The molecule has 0 spiro atoms. The zero-order chi connectivity index (χ0) is 21.1. The van der Waals surface area contributed by atoms with Crippen LogP contribution in [0.15, 0.2) is 60.8 Å². The Labute approximate surface area is 170 Å². The second-order valence-corrected chi connectivity index (χ2v) is 6.45. The van der Waals surface area contributed by atoms with Crippen molar-refractivity contribution in [2.24, 2.45) is 0 Å². The Morgan fingerprint density at radius 1 is 1.10 bits per heavy atom. The molecule has 0 N–H and O–H groups in total. The molecule has 2 heterocycles. The van der Waals surface area contributed by atoms with Gasteiger partial charge in [-0.3, -0.25) is 4.79 Å². The standard InChI is InChI=1S/C22H17F2N3O3/c1-29-21-9-7-15(11-25-21)14-6-8-17-18(10-14)27(20(13-28)26-17)12-16-4-2-3-5-19(16)30-22(23)24/h2-11,13,22H,12H2,1H3. The number of imidazole rings is 1. The molecular weight excluding hydrogens is 392 g/mol. The zero-order valence-electron chi connectivity index (χ0n) is 16.0. The number of aromatic nitrogens is 3. The van der Waals surface area contributed by atoms with Crippen molar-refractivity contribution in [2.45, 2.75) is 13.2 Å². The summed E-state index contributed by atoms with van der Waals surface area (Å²) in [6.45, 7) is -2.79. The predicted octanol–water partition coefficient (Wildman–Crippen LogP) is 4.57. The number of hydrogen-bond donors (Lipinski definition) is 0. The van der Waals surface area contributed by atoms with Crippen molar-refractivity contribution in [2.75, 3.05) is 7.11 Å². The van der Waals surface area contributed by atoms with Gasteiger partial charge in [0.1, 0.15) is 5.75 Å². The van der Waals surface area contributed by atoms with E-state index >= 15 is 0 Å². The quantitative estimate of drug-likeness (QED) is 0.419. The highest BCUT2D eigenvalue weighted by Gasteiger charge is 2.15. The van der Waals surface area contributed by atoms with Crippen LogP contribution in [-0.4, -0.2) is 34.5 Å². The molecule has 0 saturated heterocycles. The van der Waals surface area contributed by atoms with Crippen molar-refractivity contribution < 1.29 is 23.0 Å². The Hall–Kier alpha value is -3.81. The normalized spacial score (nSPS) is 11.1. The molecule has 152 valence electrons. The first-order valence-corrected chi connectivity index (χ1v) is 9.07. The number of fused-ring (bicyclic) bond motifs is 1. The lowest BCUT2D eigenvalue weighted by atomic mass is 10.1. The molecule has 6 nitrogen and oxygen atoms in total. The fourth-order valence-corrected chi connectivity index (χ4v) is 3.26. The van der Waals surface area contributed by atoms with E-state index in [0.29, 0.717) is 28.8 Å². The number of carbonyl (C=O) groups excluding carboxylic acids is 1. The number of para-hydroxylation sites is 1. The Balaban J connectivity index is 1.78. The third-order valence-electron chi connectivity index (χ3n) is 4.68. The number of alkyl halides is 2. The maximum absolute atomic E-state index is 12.8. The van der Waals surface area contributed by atoms with Crippen LogP contribution in [0.4, 0.5) is 8.78 Å². The van der Waals surface area contributed by atoms with Gasteiger partial charge in [-0.25, -0.2) is 9.97 Å². The number of methoxy groups -OCH3 is 1. The fourth-order valence-electron chi connectivity index (χ4n) is 3.26. The van der Waals surface area contributed by atoms with Crippen LogP contribution in [0, 0.1) is 0 Å². The third-order valence-corrected chi connectivity index (χ3v) is 4.68. The molecule has 2 aromatic heterocycles. The van der Waals surface area contributed by atoms with Crippen LogP contribution < -0.4 is 9.47 Å². The van der Waals surface area contributed by atoms with Crippen LogP contribution in [0.5, 0.6) is 11.6 Å². The maximum Gasteiger partial charge on any atom is 0.387 e. The predicted molar refractivity (Wildman–Crippen MR) is 107 cm³/mol. The van der Waals surface area contributed by atoms with Crippen molar-refractivity contribution in [3.63, 3.8) is 0 Å². The molecule has 2 aromatic carbocycles. The van der Waals surface area contributed by atoms with E-state index in [1.54, 1.807) is 48.2 Å². The van der Waals surface area contributed by atoms with Gasteiger partial charge in [0.25, 0.3) is 0 Å². The molecule has 0 aliphatic carbocycles. The van der Waals surface area contributed by atoms with Crippen molar-refractivity contribution in [3.05, 3.63) is 72.2 Å². The van der Waals surface area contributed by atoms with Gasteiger partial charge in [0, 0.05) is 23.4 Å². The molecule has 30 heavy (non-hydrogen) atoms. The van der Waals surface area contributed by atoms with E-state index < -0.39 is 6.61 Å². The van der Waals surface area contributed by atoms with E-state index in [1.807, 2.05) is 18.2 Å². The average molecular weight is 409 g/mol. The van der Waals surface area contributed by atoms with Gasteiger partial charge in [-0.05, 0) is 29.8 Å². The molecular formula is C22H17F2N3O3. The lowest BCUT2D eigenvalue weighted by molar-refractivity contribution is -0.0504. The Morgan fingerprint density at radius 2 is 1.90 bits per heavy atom. The SMILES string of the molecule is COc1ccc(-c2ccc3nc(C=O)n(Cc4ccccc4OC(F)F)c3c2)cn1. The topological polar surface area (TPSA) is 66.2 Å². The van der Waals surface area contributed by atoms with E-state index in [-0.39, 0.29) is 18.1 Å². The molecule has 8 heteroatoms. The molecule has 4 rings (SSSR count). The second kappa shape index (κ2) is 8.28. The number of rotatable bonds is 7. The summed E-state index contributed by atoms with van der Waals surface area (Å²) in [5.74, 6) is 0.757. The Morgan fingerprint density at radius 3 is 2.60 bits per heavy atom. The van der Waals surface area contributed by atoms with Crippen molar-refractivity contribution in [1.29, 1.82) is 0 Å². The van der Waals surface area contributed by atoms with Crippen molar-refractivity contribution in [3.8, 4) is 22.8 Å². The van der Waals surface area contributed by atoms with Gasteiger partial charge in [0.15, 0.2) is 12.1 Å². The van der Waals surface area contributed by atoms with Crippen LogP contribution in [0.2, 0.25) is 0 Å². The number of carbonyl (C=O) groups is 1. The van der Waals surface area contributed by atoms with E-state index in [1.165, 1.54) is 6.07 Å². The van der Waals surface area contributed by atoms with Gasteiger partial charge in [-0.15, -0.1) is 0 Å². The van der Waals surface area contributed by atoms with E-state index in [4.69, 9.17) is 4.74 Å². The maximum atomic E-state index is 12.8. The number of benzene rings is 2. The summed E-state index contributed by atoms with van der Waals surface area (Å²) in [7, 11) is 1.54. The average Bonchev–Trinajstić information content (AvgIpc) is 3.11. The van der Waals surface area contributed by atoms with Crippen LogP contribution in [0.3, 0.4) is 0 Å². The summed E-state index contributed by atoms with van der Waals surface area (Å²) in [4.78, 5) is 20.2. The molecule has 0 saturated carbocycles. The Bertz CT molecular complexity index is 1190. The van der Waals surface area contributed by atoms with Gasteiger partial charge in [-0.2, -0.15) is 8.78 Å². The lowest BCUT2D eigenvalue weighted by Gasteiger charge is -2.13. The van der Waals surface area contributed by atoms with Crippen LogP contribution >= 0.6 is 0 Å². The Kier molecular flexibility index (Phi) is 5.38. The number of pyridine rings is 1. The zero-order valence-corrected chi connectivity index (χ0v) is 16.0. The van der Waals surface area contributed by atoms with E-state index in [2.05, 4.69) is 14.7 Å². The minimum atomic E-state index is -2.94. The number of aldehydes is 1. The minimum absolute atomic E-state index is 0.0571. The molecule has 0 amide bonds. The number of nitrogens with zero attached hydrogens (tertiary/aromatic N) is 3. The van der Waals surface area contributed by atoms with Gasteiger partial charge >= 0.3 is 6.61 Å². The monoisotopic (exact) mass is 409 g/mol. The van der Waals surface area contributed by atoms with E-state index in [0.717, 1.165) is 11.1 Å². The van der Waals surface area contributed by atoms with Crippen LogP contribution in [0.25, 0.3) is 22.2 Å². The third kappa shape index (κ3) is 3.84. The number of halogens is 2. The highest BCUT2D eigenvalue weighted by atomic mass is 19.3. The summed E-state index contributed by atoms with van der Waals surface area (Å²) in [5, 5.41) is 0. The molecule has 0 aliphatic heterocycles. The molecule has 0 bridgehead atoms. The largest absolute Gasteiger partial charge is 0.481 e. The summed E-state index contributed by atoms with van der Waals surface area (Å²) >= 11 is 0. The lowest BCUT2D eigenvalue weighted by Crippen LogP contribution is -2.09. The van der Waals surface area contributed by atoms with Gasteiger partial charge in [0.2, 0.25) is 5.88 Å². The van der Waals surface area contributed by atoms with Crippen molar-refractivity contribution in [1.82, 2.24) is 14.5 Å². The highest BCUT2D eigenvalue weighted by Crippen LogP contribution is 2.28. The first-order chi connectivity index (χ1) is 14.6. The first-order valence-electron chi connectivity index (χ1n) is 9.07. The smallest absolute Gasteiger partial charge is 0.387 e. The molecule has 0 fully saturated rings. The summed E-state index contributed by atoms with van der Waals surface area (Å²) in [5.41, 5.74) is 3.55. The fraction of sp³-hybridized carbons (Fsp3) is 0.136. The molecule has 0 atom stereocenters. The van der Waals surface area contributed by atoms with Crippen LogP contribution in [-0.2, 0) is 6.54 Å². The first kappa shape index (κ1) is 19.5. The van der Waals surface area contributed by atoms with Gasteiger partial charge in [0.05, 0.1) is 24.7 Å². The molecule has 0 aliphatic rings. The minimum Gasteiger partial charge on any atom is -0.481 e. The number of ether oxygens (including phenoxy) is 2. The summed E-state index contributed by atoms with van der Waals surface area (Å²) in [6.07, 6.45) is 2.33. The summed E-state index contributed by atoms with van der Waals surface area (Å²) < 4.78 is 36.9. The molecule has 0 unspecified atom stereocenters. The molecule has 4 aromatic rings. The van der Waals surface area contributed by atoms with Crippen molar-refractivity contribution >= 4 is 17.3 Å². The van der Waals surface area contributed by atoms with Gasteiger partial charge in [-0.1, -0.05) is 24.3 Å². The van der Waals surface area contributed by atoms with E-state index in [9.17, 15) is 13.6 Å². The number of hydrogen-bond acceptors (Lipinski definition) is 5. The molecule has 0 radical (unpaired) electrons. The summed E-state index contributed by atoms with van der Waals surface area (Å²) in [6, 6.07) is 15.7.